The molecule has 0 aliphatic rings. The first kappa shape index (κ1) is 13.5. The fourth-order valence-electron chi connectivity index (χ4n) is 2.27. The first-order valence-electron chi connectivity index (χ1n) is 6.65. The van der Waals surface area contributed by atoms with Crippen LogP contribution in [0.5, 0.6) is 0 Å². The summed E-state index contributed by atoms with van der Waals surface area (Å²) < 4.78 is 3.77. The highest BCUT2D eigenvalue weighted by molar-refractivity contribution is 5.97. The molecule has 5 heteroatoms. The van der Waals surface area contributed by atoms with E-state index in [9.17, 15) is 4.79 Å². The van der Waals surface area contributed by atoms with Gasteiger partial charge in [0.1, 0.15) is 0 Å². The normalized spacial score (nSPS) is 10.9. The van der Waals surface area contributed by atoms with Crippen LogP contribution in [-0.4, -0.2) is 25.3 Å². The van der Waals surface area contributed by atoms with Crippen LogP contribution in [0.25, 0.3) is 0 Å². The van der Waals surface area contributed by atoms with Crippen LogP contribution in [0.4, 0.5) is 0 Å². The van der Waals surface area contributed by atoms with Gasteiger partial charge in [0.25, 0.3) is 0 Å². The van der Waals surface area contributed by atoms with Crippen molar-refractivity contribution in [2.75, 3.05) is 0 Å². The van der Waals surface area contributed by atoms with Crippen molar-refractivity contribution in [3.63, 3.8) is 0 Å². The highest BCUT2D eigenvalue weighted by Gasteiger charge is 2.17. The molecule has 0 spiro atoms. The molecule has 0 unspecified atom stereocenters. The molecule has 2 heterocycles. The molecule has 0 aliphatic carbocycles. The van der Waals surface area contributed by atoms with Crippen LogP contribution >= 0.6 is 0 Å². The number of nitrogens with zero attached hydrogens (tertiary/aromatic N) is 4. The van der Waals surface area contributed by atoms with Crippen LogP contribution in [0.3, 0.4) is 0 Å². The van der Waals surface area contributed by atoms with Gasteiger partial charge in [0.2, 0.25) is 0 Å². The average molecular weight is 260 g/mol. The third-order valence-corrected chi connectivity index (χ3v) is 3.32. The van der Waals surface area contributed by atoms with E-state index in [-0.39, 0.29) is 5.78 Å². The standard InChI is InChI=1S/C14H20N4O/c1-5-13(19)14-10(3)16-18(11(14)4)9-12-7-15-17(6-2)8-12/h7-8H,5-6,9H2,1-4H3. The first-order chi connectivity index (χ1) is 9.06. The van der Waals surface area contributed by atoms with E-state index in [1.807, 2.05) is 42.5 Å². The van der Waals surface area contributed by atoms with E-state index in [1.165, 1.54) is 0 Å². The zero-order chi connectivity index (χ0) is 14.0. The van der Waals surface area contributed by atoms with Gasteiger partial charge in [0.15, 0.2) is 5.78 Å². The van der Waals surface area contributed by atoms with Crippen LogP contribution in [0.2, 0.25) is 0 Å². The lowest BCUT2D eigenvalue weighted by molar-refractivity contribution is 0.0987. The lowest BCUT2D eigenvalue weighted by Gasteiger charge is -2.03. The van der Waals surface area contributed by atoms with Gasteiger partial charge < -0.3 is 0 Å². The Morgan fingerprint density at radius 2 is 2.05 bits per heavy atom. The van der Waals surface area contributed by atoms with E-state index >= 15 is 0 Å². The van der Waals surface area contributed by atoms with Crippen LogP contribution in [0.15, 0.2) is 12.4 Å². The van der Waals surface area contributed by atoms with Crippen molar-refractivity contribution in [1.82, 2.24) is 19.6 Å². The predicted molar refractivity (Wildman–Crippen MR) is 73.3 cm³/mol. The van der Waals surface area contributed by atoms with E-state index in [4.69, 9.17) is 0 Å². The van der Waals surface area contributed by atoms with E-state index in [2.05, 4.69) is 17.1 Å². The average Bonchev–Trinajstić information content (AvgIpc) is 2.95. The topological polar surface area (TPSA) is 52.7 Å². The van der Waals surface area contributed by atoms with Gasteiger partial charge in [-0.25, -0.2) is 0 Å². The number of hydrogen-bond donors (Lipinski definition) is 0. The van der Waals surface area contributed by atoms with Gasteiger partial charge in [-0.1, -0.05) is 6.92 Å². The van der Waals surface area contributed by atoms with E-state index < -0.39 is 0 Å². The Morgan fingerprint density at radius 3 is 2.63 bits per heavy atom. The molecule has 0 aliphatic heterocycles. The van der Waals surface area contributed by atoms with Gasteiger partial charge in [-0.2, -0.15) is 10.2 Å². The minimum absolute atomic E-state index is 0.158. The van der Waals surface area contributed by atoms with Crippen LogP contribution in [0, 0.1) is 13.8 Å². The summed E-state index contributed by atoms with van der Waals surface area (Å²) >= 11 is 0. The molecule has 0 saturated carbocycles. The Bertz CT molecular complexity index is 595. The molecule has 0 aromatic carbocycles. The monoisotopic (exact) mass is 260 g/mol. The number of hydrogen-bond acceptors (Lipinski definition) is 3. The van der Waals surface area contributed by atoms with Gasteiger partial charge in [0.05, 0.1) is 24.0 Å². The Labute approximate surface area is 113 Å². The second kappa shape index (κ2) is 5.38. The molecule has 2 rings (SSSR count). The van der Waals surface area contributed by atoms with Gasteiger partial charge in [-0.15, -0.1) is 0 Å². The maximum absolute atomic E-state index is 11.9. The molecule has 0 fully saturated rings. The second-order valence-electron chi connectivity index (χ2n) is 4.68. The summed E-state index contributed by atoms with van der Waals surface area (Å²) in [6.45, 7) is 9.29. The summed E-state index contributed by atoms with van der Waals surface area (Å²) in [5.74, 6) is 0.158. The first-order valence-corrected chi connectivity index (χ1v) is 6.65. The molecule has 5 nitrogen and oxygen atoms in total. The highest BCUT2D eigenvalue weighted by Crippen LogP contribution is 2.16. The Balaban J connectivity index is 2.28. The molecule has 2 aromatic rings. The van der Waals surface area contributed by atoms with Crippen molar-refractivity contribution < 1.29 is 4.79 Å². The number of Topliss-reactive ketones (excluding diaryl/α,β-unsaturated/α-hetero) is 1. The SMILES string of the molecule is CCC(=O)c1c(C)nn(Cc2cnn(CC)c2)c1C. The van der Waals surface area contributed by atoms with Crippen molar-refractivity contribution in [1.29, 1.82) is 0 Å². The molecule has 2 aromatic heterocycles. The van der Waals surface area contributed by atoms with Crippen molar-refractivity contribution in [2.45, 2.75) is 47.2 Å². The molecule has 0 atom stereocenters. The summed E-state index contributed by atoms with van der Waals surface area (Å²) in [5, 5.41) is 8.72. The van der Waals surface area contributed by atoms with Crippen molar-refractivity contribution >= 4 is 5.78 Å². The molecule has 19 heavy (non-hydrogen) atoms. The quantitative estimate of drug-likeness (QED) is 0.775. The van der Waals surface area contributed by atoms with Crippen LogP contribution in [0.1, 0.15) is 47.6 Å². The molecule has 102 valence electrons. The number of rotatable bonds is 5. The van der Waals surface area contributed by atoms with Crippen molar-refractivity contribution in [3.05, 3.63) is 34.9 Å². The van der Waals surface area contributed by atoms with Gasteiger partial charge >= 0.3 is 0 Å². The summed E-state index contributed by atoms with van der Waals surface area (Å²) in [4.78, 5) is 11.9. The summed E-state index contributed by atoms with van der Waals surface area (Å²) in [5.41, 5.74) is 3.62. The summed E-state index contributed by atoms with van der Waals surface area (Å²) in [6, 6.07) is 0. The maximum atomic E-state index is 11.9. The van der Waals surface area contributed by atoms with Crippen LogP contribution < -0.4 is 0 Å². The lowest BCUT2D eigenvalue weighted by atomic mass is 10.1. The molecule has 0 radical (unpaired) electrons. The zero-order valence-electron chi connectivity index (χ0n) is 12.0. The predicted octanol–water partition coefficient (Wildman–Crippen LogP) is 2.36. The van der Waals surface area contributed by atoms with Crippen LogP contribution in [-0.2, 0) is 13.1 Å². The number of carbonyl (C=O) groups excluding carboxylic acids is 1. The summed E-state index contributed by atoms with van der Waals surface area (Å²) in [7, 11) is 0. The number of aromatic nitrogens is 4. The third-order valence-electron chi connectivity index (χ3n) is 3.32. The lowest BCUT2D eigenvalue weighted by Crippen LogP contribution is -2.05. The van der Waals surface area contributed by atoms with E-state index in [0.717, 1.165) is 29.1 Å². The summed E-state index contributed by atoms with van der Waals surface area (Å²) in [6.07, 6.45) is 4.38. The smallest absolute Gasteiger partial charge is 0.166 e. The minimum Gasteiger partial charge on any atom is -0.294 e. The van der Waals surface area contributed by atoms with Gasteiger partial charge in [-0.05, 0) is 20.8 Å². The molecule has 0 bridgehead atoms. The van der Waals surface area contributed by atoms with Gasteiger partial charge in [0, 0.05) is 30.4 Å². The van der Waals surface area contributed by atoms with E-state index in [1.54, 1.807) is 0 Å². The fourth-order valence-corrected chi connectivity index (χ4v) is 2.27. The Morgan fingerprint density at radius 1 is 1.32 bits per heavy atom. The largest absolute Gasteiger partial charge is 0.294 e. The Kier molecular flexibility index (Phi) is 3.83. The molecular weight excluding hydrogens is 240 g/mol. The Hall–Kier alpha value is -1.91. The fraction of sp³-hybridized carbons (Fsp3) is 0.500. The minimum atomic E-state index is 0.158. The molecule has 0 N–H and O–H groups in total. The number of carbonyl (C=O) groups is 1. The van der Waals surface area contributed by atoms with Crippen molar-refractivity contribution in [2.24, 2.45) is 0 Å². The van der Waals surface area contributed by atoms with Crippen molar-refractivity contribution in [3.8, 4) is 0 Å². The highest BCUT2D eigenvalue weighted by atomic mass is 16.1. The second-order valence-corrected chi connectivity index (χ2v) is 4.68. The van der Waals surface area contributed by atoms with E-state index in [0.29, 0.717) is 13.0 Å². The maximum Gasteiger partial charge on any atom is 0.166 e. The molecule has 0 saturated heterocycles. The third kappa shape index (κ3) is 2.59. The van der Waals surface area contributed by atoms with Gasteiger partial charge in [-0.3, -0.25) is 14.2 Å². The number of aryl methyl sites for hydroxylation is 2. The molecular formula is C14H20N4O. The number of ketones is 1. The zero-order valence-corrected chi connectivity index (χ0v) is 12.0. The molecule has 0 amide bonds.